The van der Waals surface area contributed by atoms with E-state index in [1.54, 1.807) is 0 Å². The minimum atomic E-state index is 0.467. The highest BCUT2D eigenvalue weighted by Gasteiger charge is 2.30. The number of hydrogen-bond donors (Lipinski definition) is 1. The van der Waals surface area contributed by atoms with Gasteiger partial charge in [0, 0.05) is 13.1 Å². The molecule has 1 aliphatic rings. The molecule has 0 aromatic heterocycles. The fraction of sp³-hybridized carbons (Fsp3) is 0.500. The normalized spacial score (nSPS) is 18.6. The topological polar surface area (TPSA) is 21.3 Å². The SMILES string of the molecule is CC1(CCOc2ccccc2)CNC1. The largest absolute Gasteiger partial charge is 0.494 e. The molecule has 0 unspecified atom stereocenters. The van der Waals surface area contributed by atoms with E-state index in [4.69, 9.17) is 4.74 Å². The van der Waals surface area contributed by atoms with E-state index in [-0.39, 0.29) is 0 Å². The van der Waals surface area contributed by atoms with E-state index < -0.39 is 0 Å². The number of hydrogen-bond acceptors (Lipinski definition) is 2. The van der Waals surface area contributed by atoms with Crippen molar-refractivity contribution in [3.63, 3.8) is 0 Å². The van der Waals surface area contributed by atoms with Crippen molar-refractivity contribution in [1.29, 1.82) is 0 Å². The molecule has 1 aliphatic heterocycles. The summed E-state index contributed by atoms with van der Waals surface area (Å²) < 4.78 is 5.65. The Morgan fingerprint density at radius 2 is 2.00 bits per heavy atom. The second kappa shape index (κ2) is 4.01. The monoisotopic (exact) mass is 191 g/mol. The Bertz CT molecular complexity index is 280. The van der Waals surface area contributed by atoms with Gasteiger partial charge < -0.3 is 10.1 Å². The molecule has 2 heteroatoms. The molecule has 0 spiro atoms. The average molecular weight is 191 g/mol. The molecule has 0 amide bonds. The second-order valence-electron chi connectivity index (χ2n) is 4.33. The summed E-state index contributed by atoms with van der Waals surface area (Å²) in [5.74, 6) is 0.975. The molecule has 1 N–H and O–H groups in total. The quantitative estimate of drug-likeness (QED) is 0.786. The lowest BCUT2D eigenvalue weighted by atomic mass is 9.81. The van der Waals surface area contributed by atoms with Crippen LogP contribution in [0.5, 0.6) is 5.75 Å². The van der Waals surface area contributed by atoms with Gasteiger partial charge in [-0.05, 0) is 24.0 Å². The molecule has 14 heavy (non-hydrogen) atoms. The Balaban J connectivity index is 1.73. The van der Waals surface area contributed by atoms with E-state index in [2.05, 4.69) is 12.2 Å². The highest BCUT2D eigenvalue weighted by Crippen LogP contribution is 2.25. The fourth-order valence-electron chi connectivity index (χ4n) is 1.66. The summed E-state index contributed by atoms with van der Waals surface area (Å²) in [5.41, 5.74) is 0.467. The van der Waals surface area contributed by atoms with Gasteiger partial charge in [0.25, 0.3) is 0 Å². The zero-order valence-corrected chi connectivity index (χ0v) is 8.62. The molecule has 1 aromatic carbocycles. The van der Waals surface area contributed by atoms with Gasteiger partial charge in [-0.3, -0.25) is 0 Å². The first-order chi connectivity index (χ1) is 6.79. The molecule has 0 aliphatic carbocycles. The molecular formula is C12H17NO. The Hall–Kier alpha value is -1.02. The Kier molecular flexibility index (Phi) is 2.73. The van der Waals surface area contributed by atoms with Crippen LogP contribution in [0.2, 0.25) is 0 Å². The van der Waals surface area contributed by atoms with Gasteiger partial charge in [-0.1, -0.05) is 25.1 Å². The molecule has 2 nitrogen and oxygen atoms in total. The van der Waals surface area contributed by atoms with Crippen molar-refractivity contribution in [3.8, 4) is 5.75 Å². The number of nitrogens with one attached hydrogen (secondary N) is 1. The Morgan fingerprint density at radius 1 is 1.29 bits per heavy atom. The number of ether oxygens (including phenoxy) is 1. The van der Waals surface area contributed by atoms with Crippen molar-refractivity contribution in [2.45, 2.75) is 13.3 Å². The fourth-order valence-corrected chi connectivity index (χ4v) is 1.66. The summed E-state index contributed by atoms with van der Waals surface area (Å²) in [7, 11) is 0. The van der Waals surface area contributed by atoms with Gasteiger partial charge in [0.05, 0.1) is 6.61 Å². The van der Waals surface area contributed by atoms with Crippen molar-refractivity contribution in [2.75, 3.05) is 19.7 Å². The number of benzene rings is 1. The third kappa shape index (κ3) is 2.26. The van der Waals surface area contributed by atoms with E-state index in [9.17, 15) is 0 Å². The lowest BCUT2D eigenvalue weighted by molar-refractivity contribution is 0.142. The highest BCUT2D eigenvalue weighted by molar-refractivity contribution is 5.20. The summed E-state index contributed by atoms with van der Waals surface area (Å²) in [4.78, 5) is 0. The van der Waals surface area contributed by atoms with Crippen molar-refractivity contribution in [1.82, 2.24) is 5.32 Å². The third-order valence-electron chi connectivity index (χ3n) is 2.82. The van der Waals surface area contributed by atoms with Crippen LogP contribution < -0.4 is 10.1 Å². The molecule has 0 bridgehead atoms. The first-order valence-corrected chi connectivity index (χ1v) is 5.17. The van der Waals surface area contributed by atoms with E-state index in [0.29, 0.717) is 5.41 Å². The molecule has 2 rings (SSSR count). The van der Waals surface area contributed by atoms with E-state index in [1.807, 2.05) is 30.3 Å². The van der Waals surface area contributed by atoms with Gasteiger partial charge in [0.1, 0.15) is 5.75 Å². The molecule has 0 atom stereocenters. The standard InChI is InChI=1S/C12H17NO/c1-12(9-13-10-12)7-8-14-11-5-3-2-4-6-11/h2-6,13H,7-10H2,1H3. The van der Waals surface area contributed by atoms with E-state index >= 15 is 0 Å². The van der Waals surface area contributed by atoms with E-state index in [1.165, 1.54) is 0 Å². The van der Waals surface area contributed by atoms with E-state index in [0.717, 1.165) is 31.9 Å². The van der Waals surface area contributed by atoms with Gasteiger partial charge in [-0.15, -0.1) is 0 Å². The summed E-state index contributed by atoms with van der Waals surface area (Å²) in [6.07, 6.45) is 1.13. The van der Waals surface area contributed by atoms with Crippen LogP contribution in [0.1, 0.15) is 13.3 Å². The first kappa shape index (κ1) is 9.53. The van der Waals surface area contributed by atoms with Crippen LogP contribution in [-0.4, -0.2) is 19.7 Å². The van der Waals surface area contributed by atoms with Crippen LogP contribution in [0.3, 0.4) is 0 Å². The average Bonchev–Trinajstić information content (AvgIpc) is 2.17. The third-order valence-corrected chi connectivity index (χ3v) is 2.82. The maximum Gasteiger partial charge on any atom is 0.119 e. The molecule has 1 aromatic rings. The summed E-state index contributed by atoms with van der Waals surface area (Å²) >= 11 is 0. The highest BCUT2D eigenvalue weighted by atomic mass is 16.5. The summed E-state index contributed by atoms with van der Waals surface area (Å²) in [5, 5.41) is 3.29. The molecule has 1 saturated heterocycles. The first-order valence-electron chi connectivity index (χ1n) is 5.17. The van der Waals surface area contributed by atoms with Crippen molar-refractivity contribution in [2.24, 2.45) is 5.41 Å². The minimum absolute atomic E-state index is 0.467. The van der Waals surface area contributed by atoms with Gasteiger partial charge >= 0.3 is 0 Å². The van der Waals surface area contributed by atoms with Crippen LogP contribution >= 0.6 is 0 Å². The van der Waals surface area contributed by atoms with Crippen molar-refractivity contribution in [3.05, 3.63) is 30.3 Å². The lowest BCUT2D eigenvalue weighted by Gasteiger charge is -2.39. The summed E-state index contributed by atoms with van der Waals surface area (Å²) in [6, 6.07) is 10.0. The molecule has 1 heterocycles. The van der Waals surface area contributed by atoms with Gasteiger partial charge in [0.15, 0.2) is 0 Å². The van der Waals surface area contributed by atoms with Gasteiger partial charge in [-0.2, -0.15) is 0 Å². The van der Waals surface area contributed by atoms with Gasteiger partial charge in [0.2, 0.25) is 0 Å². The second-order valence-corrected chi connectivity index (χ2v) is 4.33. The van der Waals surface area contributed by atoms with Crippen LogP contribution in [0.15, 0.2) is 30.3 Å². The van der Waals surface area contributed by atoms with Crippen LogP contribution in [-0.2, 0) is 0 Å². The van der Waals surface area contributed by atoms with Crippen molar-refractivity contribution >= 4 is 0 Å². The predicted octanol–water partition coefficient (Wildman–Crippen LogP) is 2.06. The minimum Gasteiger partial charge on any atom is -0.494 e. The zero-order chi connectivity index (χ0) is 9.86. The number of para-hydroxylation sites is 1. The molecule has 76 valence electrons. The van der Waals surface area contributed by atoms with Gasteiger partial charge in [-0.25, -0.2) is 0 Å². The maximum atomic E-state index is 5.65. The Labute approximate surface area is 85.3 Å². The molecule has 0 radical (unpaired) electrons. The van der Waals surface area contributed by atoms with Crippen LogP contribution in [0.4, 0.5) is 0 Å². The van der Waals surface area contributed by atoms with Crippen LogP contribution in [0, 0.1) is 5.41 Å². The zero-order valence-electron chi connectivity index (χ0n) is 8.62. The maximum absolute atomic E-state index is 5.65. The van der Waals surface area contributed by atoms with Crippen LogP contribution in [0.25, 0.3) is 0 Å². The summed E-state index contributed by atoms with van der Waals surface area (Å²) in [6.45, 7) is 5.39. The molecule has 0 saturated carbocycles. The Morgan fingerprint density at radius 3 is 2.57 bits per heavy atom. The predicted molar refractivity (Wildman–Crippen MR) is 57.5 cm³/mol. The van der Waals surface area contributed by atoms with Crippen molar-refractivity contribution < 1.29 is 4.74 Å². The molecular weight excluding hydrogens is 174 g/mol. The molecule has 1 fully saturated rings. The smallest absolute Gasteiger partial charge is 0.119 e. The lowest BCUT2D eigenvalue weighted by Crippen LogP contribution is -2.51. The number of rotatable bonds is 4.